The predicted molar refractivity (Wildman–Crippen MR) is 91.8 cm³/mol. The molecule has 0 aliphatic heterocycles. The van der Waals surface area contributed by atoms with Crippen LogP contribution in [0.25, 0.3) is 10.8 Å². The number of nitrogens with one attached hydrogen (secondary N) is 2. The second-order valence-corrected chi connectivity index (χ2v) is 6.22. The van der Waals surface area contributed by atoms with E-state index in [-0.39, 0.29) is 24.8 Å². The zero-order chi connectivity index (χ0) is 17.6. The average Bonchev–Trinajstić information content (AvgIpc) is 3.32. The molecule has 25 heavy (non-hydrogen) atoms. The summed E-state index contributed by atoms with van der Waals surface area (Å²) in [5, 5.41) is 7.77. The molecule has 0 saturated heterocycles. The van der Waals surface area contributed by atoms with E-state index in [9.17, 15) is 9.59 Å². The van der Waals surface area contributed by atoms with Crippen LogP contribution in [-0.2, 0) is 22.6 Å². The number of hydrogen-bond acceptors (Lipinski definition) is 6. The number of carbonyl (C=O) groups excluding carboxylic acids is 2. The summed E-state index contributed by atoms with van der Waals surface area (Å²) in [6, 6.07) is 7.22. The maximum absolute atomic E-state index is 11.9. The van der Waals surface area contributed by atoms with Gasteiger partial charge in [-0.25, -0.2) is 4.98 Å². The number of nitrogens with zero attached hydrogens (tertiary/aromatic N) is 1. The first-order valence-corrected chi connectivity index (χ1v) is 8.55. The molecule has 0 fully saturated rings. The Labute approximate surface area is 148 Å². The Hall–Kier alpha value is -2.87. The van der Waals surface area contributed by atoms with Gasteiger partial charge >= 0.3 is 0 Å². The molecule has 0 aromatic carbocycles. The first-order chi connectivity index (χ1) is 12.1. The van der Waals surface area contributed by atoms with E-state index in [1.54, 1.807) is 12.1 Å². The molecular formula is C17H17N3O4S. The van der Waals surface area contributed by atoms with Gasteiger partial charge in [0.1, 0.15) is 11.5 Å². The van der Waals surface area contributed by atoms with Crippen molar-refractivity contribution >= 4 is 23.2 Å². The molecule has 2 N–H and O–H groups in total. The van der Waals surface area contributed by atoms with Gasteiger partial charge < -0.3 is 19.5 Å². The van der Waals surface area contributed by atoms with E-state index in [1.165, 1.54) is 17.6 Å². The van der Waals surface area contributed by atoms with Crippen molar-refractivity contribution in [3.63, 3.8) is 0 Å². The van der Waals surface area contributed by atoms with Gasteiger partial charge in [-0.05, 0) is 31.2 Å². The number of carbonyl (C=O) groups is 2. The van der Waals surface area contributed by atoms with E-state index in [4.69, 9.17) is 8.83 Å². The maximum atomic E-state index is 11.9. The minimum Gasteiger partial charge on any atom is -0.467 e. The predicted octanol–water partition coefficient (Wildman–Crippen LogP) is 2.28. The molecule has 7 nitrogen and oxygen atoms in total. The van der Waals surface area contributed by atoms with Gasteiger partial charge in [0, 0.05) is 5.38 Å². The Morgan fingerprint density at radius 2 is 2.08 bits per heavy atom. The van der Waals surface area contributed by atoms with Crippen LogP contribution in [0.15, 0.2) is 44.7 Å². The summed E-state index contributed by atoms with van der Waals surface area (Å²) in [5.41, 5.74) is 0.641. The Bertz CT molecular complexity index is 851. The van der Waals surface area contributed by atoms with Gasteiger partial charge in [0.25, 0.3) is 0 Å². The number of hydrogen-bond donors (Lipinski definition) is 2. The summed E-state index contributed by atoms with van der Waals surface area (Å²) in [4.78, 5) is 28.0. The van der Waals surface area contributed by atoms with Crippen molar-refractivity contribution in [3.8, 4) is 10.8 Å². The quantitative estimate of drug-likeness (QED) is 0.674. The van der Waals surface area contributed by atoms with Crippen LogP contribution in [0.1, 0.15) is 17.2 Å². The van der Waals surface area contributed by atoms with Crippen molar-refractivity contribution < 1.29 is 18.4 Å². The minimum absolute atomic E-state index is 0.0894. The average molecular weight is 359 g/mol. The van der Waals surface area contributed by atoms with Gasteiger partial charge in [-0.2, -0.15) is 0 Å². The monoisotopic (exact) mass is 359 g/mol. The lowest BCUT2D eigenvalue weighted by molar-refractivity contribution is -0.125. The smallest absolute Gasteiger partial charge is 0.239 e. The SMILES string of the molecule is Cc1ccc(-c2nc(CC(=O)NCC(=O)NCc3ccco3)cs2)o1. The van der Waals surface area contributed by atoms with Gasteiger partial charge in [-0.1, -0.05) is 0 Å². The molecule has 2 amide bonds. The molecule has 0 bridgehead atoms. The lowest BCUT2D eigenvalue weighted by Gasteiger charge is -2.05. The number of furan rings is 2. The second-order valence-electron chi connectivity index (χ2n) is 5.36. The summed E-state index contributed by atoms with van der Waals surface area (Å²) in [6.07, 6.45) is 1.65. The number of aromatic nitrogens is 1. The molecule has 8 heteroatoms. The molecule has 3 aromatic rings. The van der Waals surface area contributed by atoms with Crippen molar-refractivity contribution in [1.29, 1.82) is 0 Å². The summed E-state index contributed by atoms with van der Waals surface area (Å²) in [6.45, 7) is 2.07. The molecule has 0 saturated carbocycles. The third kappa shape index (κ3) is 4.80. The topological polar surface area (TPSA) is 97.4 Å². The van der Waals surface area contributed by atoms with Crippen molar-refractivity contribution in [1.82, 2.24) is 15.6 Å². The summed E-state index contributed by atoms with van der Waals surface area (Å²) in [7, 11) is 0. The Balaban J connectivity index is 1.43. The molecule has 3 heterocycles. The summed E-state index contributed by atoms with van der Waals surface area (Å²) < 4.78 is 10.6. The van der Waals surface area contributed by atoms with Crippen molar-refractivity contribution in [2.24, 2.45) is 0 Å². The highest BCUT2D eigenvalue weighted by atomic mass is 32.1. The van der Waals surface area contributed by atoms with Gasteiger partial charge in [0.15, 0.2) is 10.8 Å². The normalized spacial score (nSPS) is 10.6. The van der Waals surface area contributed by atoms with E-state index in [0.29, 0.717) is 23.8 Å². The molecular weight excluding hydrogens is 342 g/mol. The van der Waals surface area contributed by atoms with Crippen LogP contribution in [0.2, 0.25) is 0 Å². The highest BCUT2D eigenvalue weighted by Crippen LogP contribution is 2.25. The molecule has 3 aromatic heterocycles. The second kappa shape index (κ2) is 7.80. The fourth-order valence-electron chi connectivity index (χ4n) is 2.12. The molecule has 0 spiro atoms. The van der Waals surface area contributed by atoms with Crippen molar-refractivity contribution in [2.45, 2.75) is 19.9 Å². The van der Waals surface area contributed by atoms with Crippen LogP contribution >= 0.6 is 11.3 Å². The van der Waals surface area contributed by atoms with Crippen LogP contribution < -0.4 is 10.6 Å². The molecule has 0 aliphatic rings. The lowest BCUT2D eigenvalue weighted by atomic mass is 10.3. The van der Waals surface area contributed by atoms with Crippen molar-refractivity contribution in [2.75, 3.05) is 6.54 Å². The zero-order valence-electron chi connectivity index (χ0n) is 13.6. The van der Waals surface area contributed by atoms with E-state index in [1.807, 2.05) is 24.4 Å². The number of thiazole rings is 1. The fraction of sp³-hybridized carbons (Fsp3) is 0.235. The van der Waals surface area contributed by atoms with E-state index in [2.05, 4.69) is 15.6 Å². The third-order valence-electron chi connectivity index (χ3n) is 3.33. The molecule has 0 atom stereocenters. The zero-order valence-corrected chi connectivity index (χ0v) is 14.4. The highest BCUT2D eigenvalue weighted by Gasteiger charge is 2.12. The van der Waals surface area contributed by atoms with E-state index in [0.717, 1.165) is 10.8 Å². The van der Waals surface area contributed by atoms with Crippen molar-refractivity contribution in [3.05, 3.63) is 53.1 Å². The Kier molecular flexibility index (Phi) is 5.30. The Morgan fingerprint density at radius 1 is 1.20 bits per heavy atom. The van der Waals surface area contributed by atoms with Gasteiger partial charge in [0.2, 0.25) is 11.8 Å². The molecule has 3 rings (SSSR count). The number of aryl methyl sites for hydroxylation is 1. The highest BCUT2D eigenvalue weighted by molar-refractivity contribution is 7.13. The molecule has 130 valence electrons. The van der Waals surface area contributed by atoms with Crippen LogP contribution in [0.5, 0.6) is 0 Å². The van der Waals surface area contributed by atoms with Crippen LogP contribution in [0.3, 0.4) is 0 Å². The minimum atomic E-state index is -0.283. The molecule has 0 aliphatic carbocycles. The van der Waals surface area contributed by atoms with Crippen LogP contribution in [0, 0.1) is 6.92 Å². The lowest BCUT2D eigenvalue weighted by Crippen LogP contribution is -2.37. The fourth-order valence-corrected chi connectivity index (χ4v) is 2.90. The first-order valence-electron chi connectivity index (χ1n) is 7.67. The third-order valence-corrected chi connectivity index (χ3v) is 4.24. The van der Waals surface area contributed by atoms with Crippen LogP contribution in [0.4, 0.5) is 0 Å². The molecule has 0 unspecified atom stereocenters. The van der Waals surface area contributed by atoms with Gasteiger partial charge in [0.05, 0.1) is 31.5 Å². The first kappa shape index (κ1) is 17.0. The standard InChI is InChI=1S/C17H17N3O4S/c1-11-4-5-14(24-11)17-20-12(10-25-17)7-15(21)19-9-16(22)18-8-13-3-2-6-23-13/h2-6,10H,7-9H2,1H3,(H,18,22)(H,19,21). The maximum Gasteiger partial charge on any atom is 0.239 e. The Morgan fingerprint density at radius 3 is 2.80 bits per heavy atom. The van der Waals surface area contributed by atoms with Crippen LogP contribution in [-0.4, -0.2) is 23.3 Å². The largest absolute Gasteiger partial charge is 0.467 e. The van der Waals surface area contributed by atoms with E-state index < -0.39 is 0 Å². The van der Waals surface area contributed by atoms with Gasteiger partial charge in [-0.3, -0.25) is 9.59 Å². The van der Waals surface area contributed by atoms with E-state index >= 15 is 0 Å². The summed E-state index contributed by atoms with van der Waals surface area (Å²) in [5.74, 6) is 1.61. The van der Waals surface area contributed by atoms with Gasteiger partial charge in [-0.15, -0.1) is 11.3 Å². The number of amides is 2. The number of rotatable bonds is 7. The summed E-state index contributed by atoms with van der Waals surface area (Å²) >= 11 is 1.41. The molecule has 0 radical (unpaired) electrons.